The first-order chi connectivity index (χ1) is 7.49. The van der Waals surface area contributed by atoms with Crippen molar-refractivity contribution in [1.82, 2.24) is 0 Å². The van der Waals surface area contributed by atoms with Gasteiger partial charge >= 0.3 is 5.97 Å². The molecule has 1 aromatic carbocycles. The molecule has 86 valence electrons. The minimum absolute atomic E-state index is 0.200. The third-order valence-electron chi connectivity index (χ3n) is 1.72. The predicted molar refractivity (Wildman–Crippen MR) is 61.7 cm³/mol. The zero-order valence-corrected chi connectivity index (χ0v) is 9.03. The Labute approximate surface area is 93.6 Å². The molecule has 0 unspecified atom stereocenters. The van der Waals surface area contributed by atoms with Crippen LogP contribution in [0.1, 0.15) is 6.92 Å². The first-order valence-electron chi connectivity index (χ1n) is 4.60. The highest BCUT2D eigenvalue weighted by Crippen LogP contribution is 2.20. The average Bonchev–Trinajstić information content (AvgIpc) is 2.15. The van der Waals surface area contributed by atoms with Crippen molar-refractivity contribution in [2.45, 2.75) is 6.92 Å². The van der Waals surface area contributed by atoms with E-state index >= 15 is 0 Å². The summed E-state index contributed by atoms with van der Waals surface area (Å²) < 4.78 is 9.89. The molecule has 0 amide bonds. The molecule has 16 heavy (non-hydrogen) atoms. The van der Waals surface area contributed by atoms with Gasteiger partial charge in [-0.15, -0.1) is 0 Å². The second-order valence-corrected chi connectivity index (χ2v) is 3.31. The van der Waals surface area contributed by atoms with Crippen molar-refractivity contribution in [3.8, 4) is 5.75 Å². The SMILES string of the molecule is C=C(C)C(=O)OCOc1cc(N)cc(N)c1. The lowest BCUT2D eigenvalue weighted by molar-refractivity contribution is -0.145. The predicted octanol–water partition coefficient (Wildman–Crippen LogP) is 1.31. The molecule has 0 heterocycles. The van der Waals surface area contributed by atoms with Crippen molar-refractivity contribution in [2.24, 2.45) is 0 Å². The van der Waals surface area contributed by atoms with E-state index in [1.165, 1.54) is 0 Å². The fraction of sp³-hybridized carbons (Fsp3) is 0.182. The van der Waals surface area contributed by atoms with Gasteiger partial charge < -0.3 is 20.9 Å². The summed E-state index contributed by atoms with van der Waals surface area (Å²) in [6.45, 7) is 4.80. The van der Waals surface area contributed by atoms with Crippen LogP contribution >= 0.6 is 0 Å². The molecule has 0 saturated carbocycles. The van der Waals surface area contributed by atoms with Crippen molar-refractivity contribution in [1.29, 1.82) is 0 Å². The van der Waals surface area contributed by atoms with Crippen molar-refractivity contribution in [3.63, 3.8) is 0 Å². The molecule has 0 aliphatic heterocycles. The Kier molecular flexibility index (Phi) is 3.77. The van der Waals surface area contributed by atoms with Crippen LogP contribution in [0.5, 0.6) is 5.75 Å². The van der Waals surface area contributed by atoms with Gasteiger partial charge in [0, 0.05) is 29.1 Å². The van der Waals surface area contributed by atoms with Gasteiger partial charge in [0.15, 0.2) is 0 Å². The van der Waals surface area contributed by atoms with Gasteiger partial charge in [0.1, 0.15) is 5.75 Å². The minimum Gasteiger partial charge on any atom is -0.457 e. The second-order valence-electron chi connectivity index (χ2n) is 3.31. The molecule has 5 heteroatoms. The number of carbonyl (C=O) groups excluding carboxylic acids is 1. The summed E-state index contributed by atoms with van der Waals surface area (Å²) in [5, 5.41) is 0. The fourth-order valence-electron chi connectivity index (χ4n) is 1.00. The third kappa shape index (κ3) is 3.53. The lowest BCUT2D eigenvalue weighted by atomic mass is 10.3. The van der Waals surface area contributed by atoms with Crippen LogP contribution in [0.25, 0.3) is 0 Å². The molecule has 0 aliphatic carbocycles. The van der Waals surface area contributed by atoms with Crippen LogP contribution in [0, 0.1) is 0 Å². The Balaban J connectivity index is 2.49. The van der Waals surface area contributed by atoms with Crippen molar-refractivity contribution < 1.29 is 14.3 Å². The lowest BCUT2D eigenvalue weighted by Gasteiger charge is -2.08. The molecule has 5 nitrogen and oxygen atoms in total. The second kappa shape index (κ2) is 5.06. The molecule has 0 saturated heterocycles. The third-order valence-corrected chi connectivity index (χ3v) is 1.72. The van der Waals surface area contributed by atoms with E-state index in [1.54, 1.807) is 25.1 Å². The van der Waals surface area contributed by atoms with Crippen LogP contribution in [0.3, 0.4) is 0 Å². The van der Waals surface area contributed by atoms with Gasteiger partial charge in [-0.25, -0.2) is 4.79 Å². The fourth-order valence-corrected chi connectivity index (χ4v) is 1.00. The summed E-state index contributed by atoms with van der Waals surface area (Å²) >= 11 is 0. The molecule has 0 atom stereocenters. The molecular formula is C11H14N2O3. The first kappa shape index (κ1) is 11.9. The van der Waals surface area contributed by atoms with Gasteiger partial charge in [-0.3, -0.25) is 0 Å². The summed E-state index contributed by atoms with van der Waals surface area (Å²) in [6.07, 6.45) is 0. The van der Waals surface area contributed by atoms with Crippen molar-refractivity contribution in [2.75, 3.05) is 18.3 Å². The highest BCUT2D eigenvalue weighted by atomic mass is 16.7. The first-order valence-corrected chi connectivity index (χ1v) is 4.60. The van der Waals surface area contributed by atoms with E-state index in [2.05, 4.69) is 6.58 Å². The summed E-state index contributed by atoms with van der Waals surface area (Å²) in [4.78, 5) is 11.0. The molecule has 0 aromatic heterocycles. The largest absolute Gasteiger partial charge is 0.457 e. The maximum absolute atomic E-state index is 11.0. The summed E-state index contributed by atoms with van der Waals surface area (Å²) in [6, 6.07) is 4.78. The van der Waals surface area contributed by atoms with Crippen molar-refractivity contribution in [3.05, 3.63) is 30.4 Å². The average molecular weight is 222 g/mol. The van der Waals surface area contributed by atoms with Crippen LogP contribution in [-0.2, 0) is 9.53 Å². The van der Waals surface area contributed by atoms with Crippen LogP contribution in [0.4, 0.5) is 11.4 Å². The van der Waals surface area contributed by atoms with E-state index in [-0.39, 0.29) is 6.79 Å². The molecule has 4 N–H and O–H groups in total. The summed E-state index contributed by atoms with van der Waals surface area (Å²) in [7, 11) is 0. The Bertz CT molecular complexity index is 395. The number of nitrogens with two attached hydrogens (primary N) is 2. The van der Waals surface area contributed by atoms with Crippen LogP contribution in [0.2, 0.25) is 0 Å². The zero-order chi connectivity index (χ0) is 12.1. The van der Waals surface area contributed by atoms with Crippen LogP contribution in [0.15, 0.2) is 30.4 Å². The number of rotatable bonds is 4. The van der Waals surface area contributed by atoms with Crippen molar-refractivity contribution >= 4 is 17.3 Å². The molecular weight excluding hydrogens is 208 g/mol. The molecule has 0 spiro atoms. The lowest BCUT2D eigenvalue weighted by Crippen LogP contribution is -2.10. The van der Waals surface area contributed by atoms with Gasteiger partial charge in [0.05, 0.1) is 0 Å². The van der Waals surface area contributed by atoms with Gasteiger partial charge in [-0.2, -0.15) is 0 Å². The normalized spacial score (nSPS) is 9.56. The number of hydrogen-bond acceptors (Lipinski definition) is 5. The highest BCUT2D eigenvalue weighted by molar-refractivity contribution is 5.86. The molecule has 1 rings (SSSR count). The standard InChI is InChI=1S/C11H14N2O3/c1-7(2)11(14)16-6-15-10-4-8(12)3-9(13)5-10/h3-5H,1,6,12-13H2,2H3. The molecule has 0 fully saturated rings. The molecule has 0 bridgehead atoms. The van der Waals surface area contributed by atoms with E-state index in [4.69, 9.17) is 20.9 Å². The summed E-state index contributed by atoms with van der Waals surface area (Å²) in [5.41, 5.74) is 12.4. The highest BCUT2D eigenvalue weighted by Gasteiger charge is 2.03. The van der Waals surface area contributed by atoms with Gasteiger partial charge in [-0.05, 0) is 13.0 Å². The van der Waals surface area contributed by atoms with Crippen LogP contribution < -0.4 is 16.2 Å². The number of nitrogen functional groups attached to an aromatic ring is 2. The maximum Gasteiger partial charge on any atom is 0.335 e. The molecule has 1 aromatic rings. The number of carbonyl (C=O) groups is 1. The summed E-state index contributed by atoms with van der Waals surface area (Å²) in [5.74, 6) is -0.0520. The topological polar surface area (TPSA) is 87.6 Å². The monoisotopic (exact) mass is 222 g/mol. The van der Waals surface area contributed by atoms with Gasteiger partial charge in [0.2, 0.25) is 6.79 Å². The minimum atomic E-state index is -0.503. The number of anilines is 2. The Hall–Kier alpha value is -2.17. The zero-order valence-electron chi connectivity index (χ0n) is 9.03. The Morgan fingerprint density at radius 1 is 1.31 bits per heavy atom. The van der Waals surface area contributed by atoms with E-state index in [0.29, 0.717) is 22.7 Å². The quantitative estimate of drug-likeness (QED) is 0.347. The molecule has 0 radical (unpaired) electrons. The van der Waals surface area contributed by atoms with E-state index in [9.17, 15) is 4.79 Å². The van der Waals surface area contributed by atoms with Gasteiger partial charge in [-0.1, -0.05) is 6.58 Å². The number of ether oxygens (including phenoxy) is 2. The molecule has 0 aliphatic rings. The van der Waals surface area contributed by atoms with Crippen LogP contribution in [-0.4, -0.2) is 12.8 Å². The number of benzene rings is 1. The Morgan fingerprint density at radius 2 is 1.88 bits per heavy atom. The van der Waals surface area contributed by atoms with E-state index < -0.39 is 5.97 Å². The van der Waals surface area contributed by atoms with Gasteiger partial charge in [0.25, 0.3) is 0 Å². The smallest absolute Gasteiger partial charge is 0.335 e. The Morgan fingerprint density at radius 3 is 2.38 bits per heavy atom. The maximum atomic E-state index is 11.0. The van der Waals surface area contributed by atoms with E-state index in [1.807, 2.05) is 0 Å². The number of esters is 1. The number of hydrogen-bond donors (Lipinski definition) is 2. The van der Waals surface area contributed by atoms with E-state index in [0.717, 1.165) is 0 Å².